The van der Waals surface area contributed by atoms with E-state index in [1.54, 1.807) is 78.9 Å². The minimum Gasteiger partial charge on any atom is -0.380 e. The molecule has 0 heterocycles. The van der Waals surface area contributed by atoms with E-state index in [2.05, 4.69) is 0 Å². The van der Waals surface area contributed by atoms with Gasteiger partial charge in [0.05, 0.1) is 11.3 Å². The normalized spacial score (nSPS) is 11.7. The maximum Gasteiger partial charge on any atom is 0.264 e. The van der Waals surface area contributed by atoms with Crippen LogP contribution in [0.25, 0.3) is 0 Å². The van der Waals surface area contributed by atoms with Crippen molar-refractivity contribution in [1.82, 2.24) is 4.72 Å². The van der Waals surface area contributed by atoms with Gasteiger partial charge in [0, 0.05) is 0 Å². The molecule has 0 saturated carbocycles. The molecule has 0 aromatic heterocycles. The summed E-state index contributed by atoms with van der Waals surface area (Å²) in [6.45, 7) is 0. The predicted molar refractivity (Wildman–Crippen MR) is 102 cm³/mol. The van der Waals surface area contributed by atoms with E-state index in [0.717, 1.165) is 0 Å². The van der Waals surface area contributed by atoms with Crippen LogP contribution >= 0.6 is 0 Å². The van der Waals surface area contributed by atoms with Gasteiger partial charge in [-0.15, -0.1) is 0 Å². The van der Waals surface area contributed by atoms with Crippen molar-refractivity contribution in [3.8, 4) is 0 Å². The van der Waals surface area contributed by atoms with Gasteiger partial charge in [0.1, 0.15) is 5.60 Å². The lowest BCUT2D eigenvalue weighted by Gasteiger charge is -2.28. The Bertz CT molecular complexity index is 964. The number of sulfonamides is 1. The van der Waals surface area contributed by atoms with E-state index < -0.39 is 28.0 Å². The maximum atomic E-state index is 12.5. The van der Waals surface area contributed by atoms with Crippen LogP contribution in [0.3, 0.4) is 0 Å². The van der Waals surface area contributed by atoms with Crippen molar-refractivity contribution in [3.05, 3.63) is 102 Å². The first kappa shape index (κ1) is 18.8. The molecule has 0 radical (unpaired) electrons. The summed E-state index contributed by atoms with van der Waals surface area (Å²) < 4.78 is 26.8. The van der Waals surface area contributed by atoms with Crippen LogP contribution in [-0.4, -0.2) is 19.4 Å². The fraction of sp³-hybridized carbons (Fsp3) is 0.0952. The Morgan fingerprint density at radius 3 is 1.63 bits per heavy atom. The van der Waals surface area contributed by atoms with Gasteiger partial charge in [-0.25, -0.2) is 13.1 Å². The molecular formula is C21H19NO4S. The van der Waals surface area contributed by atoms with Crippen molar-refractivity contribution in [2.45, 2.75) is 16.9 Å². The van der Waals surface area contributed by atoms with Gasteiger partial charge in [-0.05, 0) is 23.3 Å². The van der Waals surface area contributed by atoms with E-state index in [1.807, 2.05) is 4.72 Å². The van der Waals surface area contributed by atoms with E-state index in [0.29, 0.717) is 11.1 Å². The zero-order valence-corrected chi connectivity index (χ0v) is 15.3. The molecule has 0 fully saturated rings. The third-order valence-electron chi connectivity index (χ3n) is 4.22. The summed E-state index contributed by atoms with van der Waals surface area (Å²) in [4.78, 5) is 12.5. The standard InChI is InChI=1S/C21H19NO4S/c23-20(22-27(25,26)19-14-8-3-9-15-19)16-21(24,17-10-4-1-5-11-17)18-12-6-2-7-13-18/h1-15,24H,16H2,(H,22,23). The maximum absolute atomic E-state index is 12.5. The first-order valence-corrected chi connectivity index (χ1v) is 9.84. The second-order valence-electron chi connectivity index (χ2n) is 6.11. The highest BCUT2D eigenvalue weighted by molar-refractivity contribution is 7.90. The number of carbonyl (C=O) groups is 1. The second kappa shape index (κ2) is 7.73. The quantitative estimate of drug-likeness (QED) is 0.688. The molecule has 0 atom stereocenters. The molecular weight excluding hydrogens is 362 g/mol. The number of hydrogen-bond donors (Lipinski definition) is 2. The van der Waals surface area contributed by atoms with Gasteiger partial charge in [-0.1, -0.05) is 78.9 Å². The van der Waals surface area contributed by atoms with Gasteiger partial charge >= 0.3 is 0 Å². The lowest BCUT2D eigenvalue weighted by atomic mass is 9.83. The van der Waals surface area contributed by atoms with Crippen molar-refractivity contribution in [3.63, 3.8) is 0 Å². The summed E-state index contributed by atoms with van der Waals surface area (Å²) in [6.07, 6.45) is -0.437. The van der Waals surface area contributed by atoms with Crippen LogP contribution in [0.1, 0.15) is 17.5 Å². The van der Waals surface area contributed by atoms with Crippen molar-refractivity contribution in [2.24, 2.45) is 0 Å². The Morgan fingerprint density at radius 1 is 0.778 bits per heavy atom. The van der Waals surface area contributed by atoms with E-state index >= 15 is 0 Å². The molecule has 0 saturated heterocycles. The van der Waals surface area contributed by atoms with Crippen LogP contribution in [0.2, 0.25) is 0 Å². The van der Waals surface area contributed by atoms with Crippen molar-refractivity contribution in [2.75, 3.05) is 0 Å². The topological polar surface area (TPSA) is 83.5 Å². The fourth-order valence-corrected chi connectivity index (χ4v) is 3.88. The van der Waals surface area contributed by atoms with Crippen LogP contribution in [-0.2, 0) is 20.4 Å². The Balaban J connectivity index is 1.90. The molecule has 0 unspecified atom stereocenters. The Hall–Kier alpha value is -2.96. The molecule has 27 heavy (non-hydrogen) atoms. The van der Waals surface area contributed by atoms with Gasteiger partial charge in [-0.2, -0.15) is 0 Å². The number of benzene rings is 3. The minimum absolute atomic E-state index is 0.0127. The molecule has 138 valence electrons. The van der Waals surface area contributed by atoms with Gasteiger partial charge in [-0.3, -0.25) is 4.79 Å². The summed E-state index contributed by atoms with van der Waals surface area (Å²) >= 11 is 0. The molecule has 0 aliphatic heterocycles. The number of amides is 1. The SMILES string of the molecule is O=C(CC(O)(c1ccccc1)c1ccccc1)NS(=O)(=O)c1ccccc1. The Labute approximate surface area is 158 Å². The number of carbonyl (C=O) groups excluding carboxylic acids is 1. The third kappa shape index (κ3) is 4.24. The Kier molecular flexibility index (Phi) is 5.39. The van der Waals surface area contributed by atoms with Crippen LogP contribution in [0.4, 0.5) is 0 Å². The third-order valence-corrected chi connectivity index (χ3v) is 5.61. The molecule has 2 N–H and O–H groups in total. The van der Waals surface area contributed by atoms with Gasteiger partial charge in [0.2, 0.25) is 5.91 Å². The van der Waals surface area contributed by atoms with Crippen molar-refractivity contribution >= 4 is 15.9 Å². The Morgan fingerprint density at radius 2 is 1.19 bits per heavy atom. The largest absolute Gasteiger partial charge is 0.380 e. The summed E-state index contributed by atoms with van der Waals surface area (Å²) in [5, 5.41) is 11.3. The summed E-state index contributed by atoms with van der Waals surface area (Å²) in [5.41, 5.74) is -0.648. The molecule has 3 aromatic rings. The minimum atomic E-state index is -4.01. The van der Waals surface area contributed by atoms with Crippen LogP contribution in [0, 0.1) is 0 Å². The lowest BCUT2D eigenvalue weighted by molar-refractivity contribution is -0.123. The predicted octanol–water partition coefficient (Wildman–Crippen LogP) is 2.82. The molecule has 0 aliphatic rings. The van der Waals surface area contributed by atoms with E-state index in [-0.39, 0.29) is 4.90 Å². The molecule has 5 nitrogen and oxygen atoms in total. The first-order valence-electron chi connectivity index (χ1n) is 8.36. The molecule has 0 aliphatic carbocycles. The second-order valence-corrected chi connectivity index (χ2v) is 7.79. The molecule has 1 amide bonds. The van der Waals surface area contributed by atoms with Gasteiger partial charge < -0.3 is 5.11 Å². The van der Waals surface area contributed by atoms with Gasteiger partial charge in [0.25, 0.3) is 10.0 Å². The summed E-state index contributed by atoms with van der Waals surface area (Å²) in [5.74, 6) is -0.797. The fourth-order valence-electron chi connectivity index (χ4n) is 2.88. The number of aliphatic hydroxyl groups is 1. The van der Waals surface area contributed by atoms with Crippen LogP contribution in [0.15, 0.2) is 95.9 Å². The average Bonchev–Trinajstić information content (AvgIpc) is 2.69. The first-order chi connectivity index (χ1) is 12.9. The highest BCUT2D eigenvalue weighted by Crippen LogP contribution is 2.33. The van der Waals surface area contributed by atoms with Crippen molar-refractivity contribution < 1.29 is 18.3 Å². The lowest BCUT2D eigenvalue weighted by Crippen LogP contribution is -2.38. The molecule has 0 spiro atoms. The van der Waals surface area contributed by atoms with Crippen LogP contribution < -0.4 is 4.72 Å². The molecule has 6 heteroatoms. The zero-order valence-electron chi connectivity index (χ0n) is 14.4. The molecule has 3 rings (SSSR count). The smallest absolute Gasteiger partial charge is 0.264 e. The van der Waals surface area contributed by atoms with Crippen LogP contribution in [0.5, 0.6) is 0 Å². The highest BCUT2D eigenvalue weighted by Gasteiger charge is 2.35. The zero-order chi connectivity index (χ0) is 19.3. The van der Waals surface area contributed by atoms with Crippen molar-refractivity contribution in [1.29, 1.82) is 0 Å². The highest BCUT2D eigenvalue weighted by atomic mass is 32.2. The summed E-state index contributed by atoms with van der Waals surface area (Å²) in [7, 11) is -4.01. The number of rotatable bonds is 6. The monoisotopic (exact) mass is 381 g/mol. The molecule has 0 bridgehead atoms. The van der Waals surface area contributed by atoms with E-state index in [9.17, 15) is 18.3 Å². The average molecular weight is 381 g/mol. The van der Waals surface area contributed by atoms with Gasteiger partial charge in [0.15, 0.2) is 0 Å². The molecule has 3 aromatic carbocycles. The number of hydrogen-bond acceptors (Lipinski definition) is 4. The van der Waals surface area contributed by atoms with E-state index in [4.69, 9.17) is 0 Å². The summed E-state index contributed by atoms with van der Waals surface area (Å²) in [6, 6.07) is 25.0. The van der Waals surface area contributed by atoms with E-state index in [1.165, 1.54) is 12.1 Å². The number of nitrogens with one attached hydrogen (secondary N) is 1.